The van der Waals surface area contributed by atoms with Crippen LogP contribution < -0.4 is 16.4 Å². The lowest BCUT2D eigenvalue weighted by Crippen LogP contribution is -2.45. The van der Waals surface area contributed by atoms with Crippen molar-refractivity contribution in [3.05, 3.63) is 18.3 Å². The molecule has 0 aromatic carbocycles. The highest BCUT2D eigenvalue weighted by Gasteiger charge is 2.22. The number of rotatable bonds is 7. The Labute approximate surface area is 140 Å². The van der Waals surface area contributed by atoms with Gasteiger partial charge >= 0.3 is 0 Å². The van der Waals surface area contributed by atoms with Crippen molar-refractivity contribution in [1.29, 1.82) is 0 Å². The number of anilines is 2. The van der Waals surface area contributed by atoms with Crippen LogP contribution in [0.15, 0.2) is 18.3 Å². The number of nitrogen functional groups attached to an aromatic ring is 1. The van der Waals surface area contributed by atoms with Crippen LogP contribution in [0.3, 0.4) is 0 Å². The fourth-order valence-corrected chi connectivity index (χ4v) is 2.24. The smallest absolute Gasteiger partial charge is 0.242 e. The van der Waals surface area contributed by atoms with Crippen molar-refractivity contribution in [3.8, 4) is 0 Å². The second-order valence-corrected chi connectivity index (χ2v) is 6.32. The molecule has 24 heavy (non-hydrogen) atoms. The van der Waals surface area contributed by atoms with E-state index >= 15 is 0 Å². The number of fused-ring (bicyclic) bond motifs is 1. The summed E-state index contributed by atoms with van der Waals surface area (Å²) >= 11 is 0. The van der Waals surface area contributed by atoms with E-state index in [1.165, 1.54) is 0 Å². The van der Waals surface area contributed by atoms with Gasteiger partial charge in [0.1, 0.15) is 11.6 Å². The van der Waals surface area contributed by atoms with Gasteiger partial charge in [0, 0.05) is 12.7 Å². The van der Waals surface area contributed by atoms with Crippen molar-refractivity contribution in [2.24, 2.45) is 0 Å². The van der Waals surface area contributed by atoms with Crippen molar-refractivity contribution < 1.29 is 9.90 Å². The summed E-state index contributed by atoms with van der Waals surface area (Å²) in [5.74, 6) is 0.334. The van der Waals surface area contributed by atoms with Crippen LogP contribution in [-0.2, 0) is 4.79 Å². The molecule has 2 aromatic rings. The molecule has 130 valence electrons. The summed E-state index contributed by atoms with van der Waals surface area (Å²) in [6.07, 6.45) is 3.05. The Morgan fingerprint density at radius 1 is 1.42 bits per heavy atom. The highest BCUT2D eigenvalue weighted by molar-refractivity contribution is 5.90. The number of carbonyl (C=O) groups is 1. The van der Waals surface area contributed by atoms with Gasteiger partial charge in [-0.15, -0.1) is 0 Å². The van der Waals surface area contributed by atoms with Gasteiger partial charge in [-0.1, -0.05) is 13.3 Å². The molecule has 0 fully saturated rings. The van der Waals surface area contributed by atoms with E-state index < -0.39 is 11.6 Å². The van der Waals surface area contributed by atoms with Gasteiger partial charge < -0.3 is 21.5 Å². The van der Waals surface area contributed by atoms with E-state index in [9.17, 15) is 9.90 Å². The van der Waals surface area contributed by atoms with Crippen LogP contribution in [0.2, 0.25) is 0 Å². The molecule has 0 aliphatic rings. The van der Waals surface area contributed by atoms with Crippen molar-refractivity contribution >= 4 is 28.7 Å². The van der Waals surface area contributed by atoms with Crippen molar-refractivity contribution in [2.75, 3.05) is 17.6 Å². The van der Waals surface area contributed by atoms with Gasteiger partial charge in [0.25, 0.3) is 0 Å². The summed E-state index contributed by atoms with van der Waals surface area (Å²) in [6.45, 7) is 5.43. The Morgan fingerprint density at radius 3 is 2.83 bits per heavy atom. The molecule has 2 rings (SSSR count). The van der Waals surface area contributed by atoms with E-state index in [2.05, 4.69) is 25.6 Å². The second-order valence-electron chi connectivity index (χ2n) is 6.32. The Bertz CT molecular complexity index is 713. The maximum absolute atomic E-state index is 12.4. The molecule has 0 bridgehead atoms. The maximum atomic E-state index is 12.4. The molecule has 5 N–H and O–H groups in total. The number of pyridine rings is 1. The third kappa shape index (κ3) is 4.76. The number of hydrogen-bond acceptors (Lipinski definition) is 7. The highest BCUT2D eigenvalue weighted by Crippen LogP contribution is 2.20. The zero-order chi connectivity index (χ0) is 17.7. The number of aromatic nitrogens is 3. The fraction of sp³-hybridized carbons (Fsp3) is 0.500. The number of nitrogens with two attached hydrogens (primary N) is 1. The minimum absolute atomic E-state index is 0.116. The lowest BCUT2D eigenvalue weighted by molar-refractivity contribution is -0.123. The Hall–Kier alpha value is -2.48. The number of carbonyl (C=O) groups excluding carboxylic acids is 1. The van der Waals surface area contributed by atoms with E-state index in [-0.39, 0.29) is 18.4 Å². The van der Waals surface area contributed by atoms with Crippen molar-refractivity contribution in [1.82, 2.24) is 20.3 Å². The first-order valence-corrected chi connectivity index (χ1v) is 7.95. The quantitative estimate of drug-likeness (QED) is 0.597. The van der Waals surface area contributed by atoms with E-state index in [0.717, 1.165) is 6.42 Å². The average Bonchev–Trinajstić information content (AvgIpc) is 2.51. The predicted molar refractivity (Wildman–Crippen MR) is 93.4 cm³/mol. The summed E-state index contributed by atoms with van der Waals surface area (Å²) in [5.41, 5.74) is 5.94. The molecule has 1 atom stereocenters. The minimum atomic E-state index is -0.972. The third-order valence-corrected chi connectivity index (χ3v) is 3.37. The van der Waals surface area contributed by atoms with Crippen LogP contribution in [0.1, 0.15) is 33.6 Å². The largest absolute Gasteiger partial charge is 0.389 e. The Kier molecular flexibility index (Phi) is 5.50. The van der Waals surface area contributed by atoms with Crippen LogP contribution in [-0.4, -0.2) is 44.2 Å². The molecule has 8 nitrogen and oxygen atoms in total. The third-order valence-electron chi connectivity index (χ3n) is 3.37. The van der Waals surface area contributed by atoms with Crippen molar-refractivity contribution in [2.45, 2.75) is 45.3 Å². The predicted octanol–water partition coefficient (Wildman–Crippen LogP) is 1.07. The van der Waals surface area contributed by atoms with Crippen LogP contribution in [0, 0.1) is 0 Å². The van der Waals surface area contributed by atoms with Crippen LogP contribution in [0.25, 0.3) is 11.0 Å². The summed E-state index contributed by atoms with van der Waals surface area (Å²) in [4.78, 5) is 25.0. The summed E-state index contributed by atoms with van der Waals surface area (Å²) in [7, 11) is 0. The molecule has 8 heteroatoms. The SMILES string of the molecule is CCCC(Nc1nc(N)nc2cccnc12)C(=O)NCC(C)(C)O. The normalized spacial score (nSPS) is 12.8. The van der Waals surface area contributed by atoms with Gasteiger partial charge in [-0.25, -0.2) is 4.98 Å². The van der Waals surface area contributed by atoms with E-state index in [1.807, 2.05) is 6.92 Å². The average molecular weight is 332 g/mol. The molecule has 1 unspecified atom stereocenters. The highest BCUT2D eigenvalue weighted by atomic mass is 16.3. The van der Waals surface area contributed by atoms with Crippen LogP contribution >= 0.6 is 0 Å². The Morgan fingerprint density at radius 2 is 2.17 bits per heavy atom. The molecule has 2 heterocycles. The number of amides is 1. The van der Waals surface area contributed by atoms with Crippen LogP contribution in [0.4, 0.5) is 11.8 Å². The second kappa shape index (κ2) is 7.39. The standard InChI is InChI=1S/C16H24N6O2/c1-4-6-11(14(23)19-9-16(2,3)24)20-13-12-10(7-5-8-18-12)21-15(17)22-13/h5,7-8,11,24H,4,6,9H2,1-3H3,(H,19,23)(H3,17,20,21,22). The number of hydrogen-bond donors (Lipinski definition) is 4. The zero-order valence-electron chi connectivity index (χ0n) is 14.2. The first-order chi connectivity index (χ1) is 11.3. The molecule has 0 saturated carbocycles. The Balaban J connectivity index is 2.23. The molecule has 0 aliphatic carbocycles. The molecule has 2 aromatic heterocycles. The zero-order valence-corrected chi connectivity index (χ0v) is 14.2. The lowest BCUT2D eigenvalue weighted by atomic mass is 10.1. The topological polar surface area (TPSA) is 126 Å². The molecule has 0 aliphatic heterocycles. The fourth-order valence-electron chi connectivity index (χ4n) is 2.24. The van der Waals surface area contributed by atoms with Crippen LogP contribution in [0.5, 0.6) is 0 Å². The summed E-state index contributed by atoms with van der Waals surface area (Å²) < 4.78 is 0. The van der Waals surface area contributed by atoms with Gasteiger partial charge in [-0.3, -0.25) is 9.78 Å². The number of nitrogens with zero attached hydrogens (tertiary/aromatic N) is 3. The van der Waals surface area contributed by atoms with E-state index in [4.69, 9.17) is 5.73 Å². The first-order valence-electron chi connectivity index (χ1n) is 7.95. The molecule has 0 spiro atoms. The monoisotopic (exact) mass is 332 g/mol. The maximum Gasteiger partial charge on any atom is 0.242 e. The molecular formula is C16H24N6O2. The minimum Gasteiger partial charge on any atom is -0.389 e. The molecule has 0 saturated heterocycles. The molecule has 0 radical (unpaired) electrons. The van der Waals surface area contributed by atoms with Gasteiger partial charge in [-0.2, -0.15) is 4.98 Å². The number of aliphatic hydroxyl groups is 1. The van der Waals surface area contributed by atoms with E-state index in [0.29, 0.717) is 23.3 Å². The first kappa shape index (κ1) is 17.9. The summed E-state index contributed by atoms with van der Waals surface area (Å²) in [5, 5.41) is 15.6. The molecule has 1 amide bonds. The summed E-state index contributed by atoms with van der Waals surface area (Å²) in [6, 6.07) is 3.05. The molecular weight excluding hydrogens is 308 g/mol. The van der Waals surface area contributed by atoms with Gasteiger partial charge in [0.2, 0.25) is 11.9 Å². The van der Waals surface area contributed by atoms with Gasteiger partial charge in [-0.05, 0) is 32.4 Å². The van der Waals surface area contributed by atoms with Gasteiger partial charge in [0.15, 0.2) is 5.82 Å². The van der Waals surface area contributed by atoms with E-state index in [1.54, 1.807) is 32.2 Å². The lowest BCUT2D eigenvalue weighted by Gasteiger charge is -2.22. The van der Waals surface area contributed by atoms with Crippen molar-refractivity contribution in [3.63, 3.8) is 0 Å². The number of nitrogens with one attached hydrogen (secondary N) is 2. The van der Waals surface area contributed by atoms with Gasteiger partial charge in [0.05, 0.1) is 11.1 Å².